The van der Waals surface area contributed by atoms with Crippen molar-refractivity contribution in [3.8, 4) is 0 Å². The van der Waals surface area contributed by atoms with E-state index in [0.717, 1.165) is 26.2 Å². The number of methoxy groups -OCH3 is 1. The van der Waals surface area contributed by atoms with Crippen molar-refractivity contribution in [2.24, 2.45) is 11.7 Å². The number of rotatable bonds is 5. The largest absolute Gasteiger partial charge is 0.388 e. The van der Waals surface area contributed by atoms with E-state index >= 15 is 0 Å². The lowest BCUT2D eigenvalue weighted by Gasteiger charge is -2.14. The van der Waals surface area contributed by atoms with Gasteiger partial charge in [-0.2, -0.15) is 0 Å². The molecule has 4 nitrogen and oxygen atoms in total. The van der Waals surface area contributed by atoms with E-state index in [9.17, 15) is 0 Å². The molecule has 1 atom stereocenters. The molecule has 0 aromatic heterocycles. The summed E-state index contributed by atoms with van der Waals surface area (Å²) < 4.78 is 5.11. The predicted octanol–water partition coefficient (Wildman–Crippen LogP) is 0.281. The van der Waals surface area contributed by atoms with Crippen LogP contribution in [0.3, 0.4) is 0 Å². The molecule has 0 saturated carbocycles. The van der Waals surface area contributed by atoms with Crippen LogP contribution in [0.15, 0.2) is 0 Å². The predicted molar refractivity (Wildman–Crippen MR) is 53.0 cm³/mol. The highest BCUT2D eigenvalue weighted by Gasteiger charge is 2.21. The molecule has 3 N–H and O–H groups in total. The Labute approximate surface area is 79.6 Å². The van der Waals surface area contributed by atoms with Crippen molar-refractivity contribution in [2.45, 2.75) is 12.8 Å². The first-order chi connectivity index (χ1) is 6.22. The molecule has 76 valence electrons. The van der Waals surface area contributed by atoms with E-state index in [0.29, 0.717) is 12.3 Å². The van der Waals surface area contributed by atoms with E-state index in [1.54, 1.807) is 7.11 Å². The SMILES string of the molecule is COCC1CCN(CCC(=N)N)C1. The third kappa shape index (κ3) is 3.74. The highest BCUT2D eigenvalue weighted by Crippen LogP contribution is 2.15. The molecule has 0 spiro atoms. The maximum Gasteiger partial charge on any atom is 0.0918 e. The second-order valence-corrected chi connectivity index (χ2v) is 3.69. The lowest BCUT2D eigenvalue weighted by atomic mass is 10.1. The van der Waals surface area contributed by atoms with Gasteiger partial charge in [-0.1, -0.05) is 0 Å². The zero-order valence-corrected chi connectivity index (χ0v) is 8.25. The van der Waals surface area contributed by atoms with Gasteiger partial charge in [0, 0.05) is 26.6 Å². The van der Waals surface area contributed by atoms with Crippen LogP contribution in [0.4, 0.5) is 0 Å². The molecule has 1 saturated heterocycles. The molecule has 4 heteroatoms. The summed E-state index contributed by atoms with van der Waals surface area (Å²) in [5, 5.41) is 7.12. The van der Waals surface area contributed by atoms with Gasteiger partial charge in [-0.05, 0) is 18.9 Å². The molecule has 0 aromatic carbocycles. The van der Waals surface area contributed by atoms with Gasteiger partial charge >= 0.3 is 0 Å². The lowest BCUT2D eigenvalue weighted by Crippen LogP contribution is -2.26. The van der Waals surface area contributed by atoms with Crippen molar-refractivity contribution in [2.75, 3.05) is 33.4 Å². The van der Waals surface area contributed by atoms with Crippen LogP contribution in [0.1, 0.15) is 12.8 Å². The maximum absolute atomic E-state index is 7.12. The number of amidine groups is 1. The molecule has 1 fully saturated rings. The Hall–Kier alpha value is -0.610. The molecular weight excluding hydrogens is 166 g/mol. The minimum atomic E-state index is 0.287. The first kappa shape index (κ1) is 10.5. The molecule has 0 amide bonds. The topological polar surface area (TPSA) is 62.3 Å². The van der Waals surface area contributed by atoms with Gasteiger partial charge in [-0.25, -0.2) is 0 Å². The summed E-state index contributed by atoms with van der Waals surface area (Å²) in [6, 6.07) is 0. The number of nitrogens with zero attached hydrogens (tertiary/aromatic N) is 1. The molecule has 0 radical (unpaired) electrons. The summed E-state index contributed by atoms with van der Waals surface area (Å²) in [5.41, 5.74) is 5.30. The second kappa shape index (κ2) is 5.19. The van der Waals surface area contributed by atoms with Crippen LogP contribution >= 0.6 is 0 Å². The van der Waals surface area contributed by atoms with E-state index in [4.69, 9.17) is 15.9 Å². The number of nitrogens with two attached hydrogens (primary N) is 1. The number of ether oxygens (including phenoxy) is 1. The van der Waals surface area contributed by atoms with Crippen LogP contribution in [-0.2, 0) is 4.74 Å². The van der Waals surface area contributed by atoms with Crippen LogP contribution in [0.5, 0.6) is 0 Å². The molecule has 0 aromatic rings. The average Bonchev–Trinajstić information content (AvgIpc) is 2.50. The highest BCUT2D eigenvalue weighted by atomic mass is 16.5. The van der Waals surface area contributed by atoms with Gasteiger partial charge in [-0.3, -0.25) is 5.41 Å². The Kier molecular flexibility index (Phi) is 4.18. The van der Waals surface area contributed by atoms with Gasteiger partial charge in [-0.15, -0.1) is 0 Å². The Morgan fingerprint density at radius 2 is 2.46 bits per heavy atom. The smallest absolute Gasteiger partial charge is 0.0918 e. The molecular formula is C9H19N3O. The van der Waals surface area contributed by atoms with Crippen molar-refractivity contribution < 1.29 is 4.74 Å². The zero-order chi connectivity index (χ0) is 9.68. The van der Waals surface area contributed by atoms with Gasteiger partial charge < -0.3 is 15.4 Å². The third-order valence-corrected chi connectivity index (χ3v) is 2.47. The van der Waals surface area contributed by atoms with Crippen molar-refractivity contribution in [1.82, 2.24) is 4.90 Å². The van der Waals surface area contributed by atoms with Gasteiger partial charge in [0.1, 0.15) is 0 Å². The van der Waals surface area contributed by atoms with E-state index < -0.39 is 0 Å². The van der Waals surface area contributed by atoms with Crippen LogP contribution < -0.4 is 5.73 Å². The molecule has 1 aliphatic heterocycles. The first-order valence-electron chi connectivity index (χ1n) is 4.76. The molecule has 1 aliphatic rings. The van der Waals surface area contributed by atoms with Crippen molar-refractivity contribution in [1.29, 1.82) is 5.41 Å². The Balaban J connectivity index is 2.13. The van der Waals surface area contributed by atoms with Crippen LogP contribution in [0.2, 0.25) is 0 Å². The Morgan fingerprint density at radius 1 is 1.69 bits per heavy atom. The first-order valence-corrected chi connectivity index (χ1v) is 4.76. The van der Waals surface area contributed by atoms with E-state index in [2.05, 4.69) is 4.90 Å². The number of hydrogen-bond acceptors (Lipinski definition) is 3. The standard InChI is InChI=1S/C9H19N3O/c1-13-7-8-2-4-12(6-8)5-3-9(10)11/h8H,2-7H2,1H3,(H3,10,11). The van der Waals surface area contributed by atoms with Crippen LogP contribution in [-0.4, -0.2) is 44.1 Å². The summed E-state index contributed by atoms with van der Waals surface area (Å²) in [5.74, 6) is 0.965. The normalized spacial score (nSPS) is 23.6. The fourth-order valence-electron chi connectivity index (χ4n) is 1.77. The average molecular weight is 185 g/mol. The highest BCUT2D eigenvalue weighted by molar-refractivity contribution is 5.76. The molecule has 13 heavy (non-hydrogen) atoms. The monoisotopic (exact) mass is 185 g/mol. The quantitative estimate of drug-likeness (QED) is 0.478. The van der Waals surface area contributed by atoms with Crippen molar-refractivity contribution in [3.05, 3.63) is 0 Å². The summed E-state index contributed by atoms with van der Waals surface area (Å²) in [7, 11) is 1.75. The van der Waals surface area contributed by atoms with Crippen LogP contribution in [0, 0.1) is 11.3 Å². The molecule has 1 rings (SSSR count). The van der Waals surface area contributed by atoms with Gasteiger partial charge in [0.05, 0.1) is 12.4 Å². The lowest BCUT2D eigenvalue weighted by molar-refractivity contribution is 0.153. The minimum Gasteiger partial charge on any atom is -0.388 e. The number of likely N-dealkylation sites (tertiary alicyclic amines) is 1. The zero-order valence-electron chi connectivity index (χ0n) is 8.25. The van der Waals surface area contributed by atoms with Gasteiger partial charge in [0.15, 0.2) is 0 Å². The van der Waals surface area contributed by atoms with E-state index in [1.165, 1.54) is 6.42 Å². The van der Waals surface area contributed by atoms with Crippen LogP contribution in [0.25, 0.3) is 0 Å². The second-order valence-electron chi connectivity index (χ2n) is 3.69. The number of nitrogens with one attached hydrogen (secondary N) is 1. The summed E-state index contributed by atoms with van der Waals surface area (Å²) in [6.07, 6.45) is 1.91. The summed E-state index contributed by atoms with van der Waals surface area (Å²) in [6.45, 7) is 4.01. The molecule has 0 bridgehead atoms. The van der Waals surface area contributed by atoms with Crippen molar-refractivity contribution in [3.63, 3.8) is 0 Å². The maximum atomic E-state index is 7.12. The summed E-state index contributed by atoms with van der Waals surface area (Å²) in [4.78, 5) is 2.35. The molecule has 1 unspecified atom stereocenters. The molecule has 0 aliphatic carbocycles. The van der Waals surface area contributed by atoms with Gasteiger partial charge in [0.2, 0.25) is 0 Å². The molecule has 1 heterocycles. The van der Waals surface area contributed by atoms with Gasteiger partial charge in [0.25, 0.3) is 0 Å². The van der Waals surface area contributed by atoms with E-state index in [1.807, 2.05) is 0 Å². The Morgan fingerprint density at radius 3 is 3.08 bits per heavy atom. The third-order valence-electron chi connectivity index (χ3n) is 2.47. The Bertz CT molecular complexity index is 172. The van der Waals surface area contributed by atoms with Crippen molar-refractivity contribution >= 4 is 5.84 Å². The fourth-order valence-corrected chi connectivity index (χ4v) is 1.77. The minimum absolute atomic E-state index is 0.287. The summed E-state index contributed by atoms with van der Waals surface area (Å²) >= 11 is 0. The van der Waals surface area contributed by atoms with E-state index in [-0.39, 0.29) is 5.84 Å². The fraction of sp³-hybridized carbons (Fsp3) is 0.889. The number of hydrogen-bond donors (Lipinski definition) is 2.